The fourth-order valence-electron chi connectivity index (χ4n) is 2.85. The lowest BCUT2D eigenvalue weighted by atomic mass is 10.1. The van der Waals surface area contributed by atoms with Gasteiger partial charge in [-0.2, -0.15) is 13.2 Å². The Bertz CT molecular complexity index is 1030. The molecule has 3 rings (SSSR count). The number of hydrogen-bond acceptors (Lipinski definition) is 2. The molecule has 0 fully saturated rings. The molecule has 3 aromatic rings. The Kier molecular flexibility index (Phi) is 4.75. The number of imidazole rings is 1. The Morgan fingerprint density at radius 3 is 2.54 bits per heavy atom. The number of alkyl halides is 3. The molecule has 8 heteroatoms. The maximum Gasteiger partial charge on any atom is 0.416 e. The fraction of sp³-hybridized carbons (Fsp3) is 0.222. The summed E-state index contributed by atoms with van der Waals surface area (Å²) in [6, 6.07) is 5.22. The molecule has 0 saturated carbocycles. The SMILES string of the molecule is Cc1cc(C(F)(F)F)cc2c1nc(Cc1c(Cl)ccc(C=O)c1Cl)n2C. The molecule has 0 unspecified atom stereocenters. The third kappa shape index (κ3) is 3.19. The van der Waals surface area contributed by atoms with Crippen molar-refractivity contribution in [3.8, 4) is 0 Å². The predicted molar refractivity (Wildman–Crippen MR) is 95.1 cm³/mol. The van der Waals surface area contributed by atoms with E-state index in [1.54, 1.807) is 24.6 Å². The number of carbonyl (C=O) groups excluding carboxylic acids is 1. The first kappa shape index (κ1) is 18.7. The second-order valence-corrected chi connectivity index (χ2v) is 6.75. The van der Waals surface area contributed by atoms with Crippen molar-refractivity contribution in [3.05, 3.63) is 62.4 Å². The van der Waals surface area contributed by atoms with Crippen LogP contribution in [0, 0.1) is 6.92 Å². The zero-order chi connectivity index (χ0) is 19.2. The van der Waals surface area contributed by atoms with E-state index < -0.39 is 11.7 Å². The van der Waals surface area contributed by atoms with Crippen LogP contribution in [0.25, 0.3) is 11.0 Å². The van der Waals surface area contributed by atoms with Crippen molar-refractivity contribution >= 4 is 40.5 Å². The molecule has 1 heterocycles. The second kappa shape index (κ2) is 6.59. The predicted octanol–water partition coefficient (Wildman–Crippen LogP) is 5.61. The molecule has 0 bridgehead atoms. The van der Waals surface area contributed by atoms with Gasteiger partial charge in [0.25, 0.3) is 0 Å². The molecule has 0 N–H and O–H groups in total. The highest BCUT2D eigenvalue weighted by Gasteiger charge is 2.31. The highest BCUT2D eigenvalue weighted by atomic mass is 35.5. The molecule has 26 heavy (non-hydrogen) atoms. The van der Waals surface area contributed by atoms with E-state index in [1.807, 2.05) is 0 Å². The van der Waals surface area contributed by atoms with Gasteiger partial charge in [0.15, 0.2) is 6.29 Å². The van der Waals surface area contributed by atoms with Crippen LogP contribution in [0.5, 0.6) is 0 Å². The molecular weight excluding hydrogens is 388 g/mol. The Labute approximate surface area is 157 Å². The van der Waals surface area contributed by atoms with Crippen LogP contribution in [-0.2, 0) is 19.6 Å². The molecule has 0 aliphatic carbocycles. The summed E-state index contributed by atoms with van der Waals surface area (Å²) in [6.45, 7) is 1.58. The van der Waals surface area contributed by atoms with Gasteiger partial charge in [-0.15, -0.1) is 0 Å². The molecule has 1 aromatic heterocycles. The highest BCUT2D eigenvalue weighted by Crippen LogP contribution is 2.34. The van der Waals surface area contributed by atoms with Crippen LogP contribution in [0.4, 0.5) is 13.2 Å². The van der Waals surface area contributed by atoms with Crippen LogP contribution in [-0.4, -0.2) is 15.8 Å². The maximum absolute atomic E-state index is 13.1. The first-order valence-corrected chi connectivity index (χ1v) is 8.34. The van der Waals surface area contributed by atoms with Gasteiger partial charge < -0.3 is 4.57 Å². The van der Waals surface area contributed by atoms with Gasteiger partial charge in [0.2, 0.25) is 0 Å². The summed E-state index contributed by atoms with van der Waals surface area (Å²) < 4.78 is 40.8. The number of fused-ring (bicyclic) bond motifs is 1. The number of aromatic nitrogens is 2. The minimum absolute atomic E-state index is 0.186. The second-order valence-electron chi connectivity index (χ2n) is 5.97. The topological polar surface area (TPSA) is 34.9 Å². The number of aryl methyl sites for hydroxylation is 2. The summed E-state index contributed by atoms with van der Waals surface area (Å²) in [5, 5.41) is 0.576. The molecule has 0 radical (unpaired) electrons. The lowest BCUT2D eigenvalue weighted by Crippen LogP contribution is -2.06. The van der Waals surface area contributed by atoms with Gasteiger partial charge in [0.1, 0.15) is 5.82 Å². The van der Waals surface area contributed by atoms with Crippen molar-refractivity contribution in [3.63, 3.8) is 0 Å². The monoisotopic (exact) mass is 400 g/mol. The number of hydrogen-bond donors (Lipinski definition) is 0. The zero-order valence-corrected chi connectivity index (χ0v) is 15.3. The summed E-state index contributed by atoms with van der Waals surface area (Å²) >= 11 is 12.4. The van der Waals surface area contributed by atoms with Crippen LogP contribution < -0.4 is 0 Å². The fourth-order valence-corrected chi connectivity index (χ4v) is 3.40. The van der Waals surface area contributed by atoms with Crippen molar-refractivity contribution < 1.29 is 18.0 Å². The van der Waals surface area contributed by atoms with Gasteiger partial charge in [-0.05, 0) is 42.3 Å². The Hall–Kier alpha value is -2.05. The number of nitrogens with zero attached hydrogens (tertiary/aromatic N) is 2. The van der Waals surface area contributed by atoms with Gasteiger partial charge in [-0.25, -0.2) is 4.98 Å². The van der Waals surface area contributed by atoms with Crippen LogP contribution in [0.3, 0.4) is 0 Å². The maximum atomic E-state index is 13.1. The Balaban J connectivity index is 2.15. The molecule has 3 nitrogen and oxygen atoms in total. The largest absolute Gasteiger partial charge is 0.416 e. The molecule has 0 saturated heterocycles. The zero-order valence-electron chi connectivity index (χ0n) is 13.8. The van der Waals surface area contributed by atoms with E-state index in [4.69, 9.17) is 23.2 Å². The molecule has 2 aromatic carbocycles. The Morgan fingerprint density at radius 2 is 1.92 bits per heavy atom. The number of aldehydes is 1. The van der Waals surface area contributed by atoms with Gasteiger partial charge in [-0.1, -0.05) is 23.2 Å². The minimum Gasteiger partial charge on any atom is -0.331 e. The van der Waals surface area contributed by atoms with Gasteiger partial charge in [0.05, 0.1) is 21.6 Å². The van der Waals surface area contributed by atoms with Gasteiger partial charge in [-0.3, -0.25) is 4.79 Å². The molecule has 0 amide bonds. The van der Waals surface area contributed by atoms with E-state index in [9.17, 15) is 18.0 Å². The summed E-state index contributed by atoms with van der Waals surface area (Å²) in [5.74, 6) is 0.495. The third-order valence-corrected chi connectivity index (χ3v) is 5.08. The molecule has 136 valence electrons. The Morgan fingerprint density at radius 1 is 1.23 bits per heavy atom. The molecule has 0 aliphatic heterocycles. The summed E-state index contributed by atoms with van der Waals surface area (Å²) in [7, 11) is 1.63. The lowest BCUT2D eigenvalue weighted by Gasteiger charge is -2.10. The average Bonchev–Trinajstić information content (AvgIpc) is 2.88. The highest BCUT2D eigenvalue weighted by molar-refractivity contribution is 6.37. The number of carbonyl (C=O) groups is 1. The van der Waals surface area contributed by atoms with Crippen LogP contribution in [0.2, 0.25) is 10.0 Å². The first-order valence-electron chi connectivity index (χ1n) is 7.58. The lowest BCUT2D eigenvalue weighted by molar-refractivity contribution is -0.137. The van der Waals surface area contributed by atoms with Crippen LogP contribution >= 0.6 is 23.2 Å². The van der Waals surface area contributed by atoms with E-state index in [-0.39, 0.29) is 11.4 Å². The van der Waals surface area contributed by atoms with E-state index in [2.05, 4.69) is 4.98 Å². The van der Waals surface area contributed by atoms with Gasteiger partial charge >= 0.3 is 6.18 Å². The third-order valence-electron chi connectivity index (χ3n) is 4.27. The number of benzene rings is 2. The van der Waals surface area contributed by atoms with Crippen molar-refractivity contribution in [2.24, 2.45) is 7.05 Å². The average molecular weight is 401 g/mol. The van der Waals surface area contributed by atoms with Crippen LogP contribution in [0.15, 0.2) is 24.3 Å². The molecule has 0 atom stereocenters. The summed E-state index contributed by atoms with van der Waals surface area (Å²) in [4.78, 5) is 15.5. The minimum atomic E-state index is -4.44. The molecular formula is C18H13Cl2F3N2O. The van der Waals surface area contributed by atoms with Crippen molar-refractivity contribution in [1.29, 1.82) is 0 Å². The number of halogens is 5. The van der Waals surface area contributed by atoms with Crippen molar-refractivity contribution in [2.75, 3.05) is 0 Å². The summed E-state index contributed by atoms with van der Waals surface area (Å²) in [5.41, 5.74) is 1.34. The standard InChI is InChI=1S/C18H13Cl2F3N2O/c1-9-5-11(18(21,22)23)6-14-17(9)24-15(25(14)2)7-12-13(19)4-3-10(8-26)16(12)20/h3-6,8H,7H2,1-2H3. The van der Waals surface area contributed by atoms with E-state index in [1.165, 1.54) is 6.07 Å². The smallest absolute Gasteiger partial charge is 0.331 e. The van der Waals surface area contributed by atoms with Gasteiger partial charge in [0, 0.05) is 24.1 Å². The van der Waals surface area contributed by atoms with Crippen molar-refractivity contribution in [2.45, 2.75) is 19.5 Å². The van der Waals surface area contributed by atoms with Crippen LogP contribution in [0.1, 0.15) is 32.9 Å². The first-order chi connectivity index (χ1) is 12.1. The summed E-state index contributed by atoms with van der Waals surface area (Å²) in [6.07, 6.45) is -3.63. The van der Waals surface area contributed by atoms with E-state index in [0.717, 1.165) is 12.1 Å². The quantitative estimate of drug-likeness (QED) is 0.535. The molecule has 0 aliphatic rings. The van der Waals surface area contributed by atoms with E-state index >= 15 is 0 Å². The normalized spacial score (nSPS) is 12.0. The van der Waals surface area contributed by atoms with E-state index in [0.29, 0.717) is 44.9 Å². The molecule has 0 spiro atoms. The van der Waals surface area contributed by atoms with Crippen molar-refractivity contribution in [1.82, 2.24) is 9.55 Å². The number of rotatable bonds is 3.